The molecule has 0 spiro atoms. The van der Waals surface area contributed by atoms with Crippen LogP contribution < -0.4 is 5.32 Å². The third-order valence-corrected chi connectivity index (χ3v) is 9.84. The molecule has 290 valence electrons. The Morgan fingerprint density at radius 3 is 1.49 bits per heavy atom. The van der Waals surface area contributed by atoms with Gasteiger partial charge in [-0.05, 0) is 44.9 Å². The summed E-state index contributed by atoms with van der Waals surface area (Å²) in [5.74, 6) is -0.500. The van der Waals surface area contributed by atoms with E-state index in [1.165, 1.54) is 122 Å². The van der Waals surface area contributed by atoms with E-state index in [-0.39, 0.29) is 24.9 Å². The lowest BCUT2D eigenvalue weighted by Crippen LogP contribution is -2.46. The number of aliphatic hydroxyl groups excluding tert-OH is 2. The summed E-state index contributed by atoms with van der Waals surface area (Å²) in [4.78, 5) is 25.8. The minimum atomic E-state index is -0.785. The number of esters is 1. The van der Waals surface area contributed by atoms with Gasteiger partial charge < -0.3 is 20.3 Å². The first-order chi connectivity index (χ1) is 24.0. The number of ether oxygens (including phenoxy) is 1. The van der Waals surface area contributed by atoms with Gasteiger partial charge in [0.2, 0.25) is 5.91 Å². The minimum absolute atomic E-state index is 0.0620. The maximum atomic E-state index is 13.0. The van der Waals surface area contributed by atoms with Crippen molar-refractivity contribution in [3.8, 4) is 0 Å². The number of unbranched alkanes of at least 4 members (excludes halogenated alkanes) is 24. The molecule has 0 aromatic carbocycles. The van der Waals surface area contributed by atoms with E-state index in [0.717, 1.165) is 57.8 Å². The van der Waals surface area contributed by atoms with Crippen LogP contribution in [0.1, 0.15) is 226 Å². The summed E-state index contributed by atoms with van der Waals surface area (Å²) in [6.07, 6.45) is 38.5. The fraction of sp³-hybridized carbons (Fsp3) is 0.907. The Kier molecular flexibility index (Phi) is 36.8. The Hall–Kier alpha value is -1.40. The highest BCUT2D eigenvalue weighted by Gasteiger charge is 2.24. The van der Waals surface area contributed by atoms with Crippen molar-refractivity contribution in [1.82, 2.24) is 5.32 Å². The summed E-state index contributed by atoms with van der Waals surface area (Å²) < 4.78 is 5.85. The summed E-state index contributed by atoms with van der Waals surface area (Å²) in [5, 5.41) is 23.5. The van der Waals surface area contributed by atoms with Crippen LogP contribution in [0.3, 0.4) is 0 Å². The fourth-order valence-corrected chi connectivity index (χ4v) is 6.55. The maximum Gasteiger partial charge on any atom is 0.306 e. The van der Waals surface area contributed by atoms with E-state index >= 15 is 0 Å². The van der Waals surface area contributed by atoms with Gasteiger partial charge >= 0.3 is 5.97 Å². The molecule has 3 N–H and O–H groups in total. The molecule has 0 aromatic heterocycles. The van der Waals surface area contributed by atoms with Crippen LogP contribution in [0, 0.1) is 0 Å². The number of carbonyl (C=O) groups is 2. The van der Waals surface area contributed by atoms with Gasteiger partial charge in [0.25, 0.3) is 0 Å². The molecule has 0 rings (SSSR count). The maximum absolute atomic E-state index is 13.0. The first kappa shape index (κ1) is 47.6. The van der Waals surface area contributed by atoms with Crippen LogP contribution in [-0.4, -0.2) is 46.9 Å². The molecule has 49 heavy (non-hydrogen) atoms. The van der Waals surface area contributed by atoms with Gasteiger partial charge in [-0.2, -0.15) is 0 Å². The predicted molar refractivity (Wildman–Crippen MR) is 209 cm³/mol. The van der Waals surface area contributed by atoms with Crippen molar-refractivity contribution in [1.29, 1.82) is 0 Å². The Labute approximate surface area is 304 Å². The average molecular weight is 694 g/mol. The number of nitrogens with one attached hydrogen (secondary N) is 1. The Morgan fingerprint density at radius 1 is 0.571 bits per heavy atom. The third kappa shape index (κ3) is 33.5. The molecule has 6 heteroatoms. The molecule has 0 aromatic rings. The molecule has 0 aliphatic rings. The lowest BCUT2D eigenvalue weighted by Gasteiger charge is -2.24. The second-order valence-corrected chi connectivity index (χ2v) is 14.7. The monoisotopic (exact) mass is 694 g/mol. The number of amides is 1. The normalized spacial score (nSPS) is 13.5. The van der Waals surface area contributed by atoms with E-state index in [1.807, 2.05) is 0 Å². The zero-order valence-corrected chi connectivity index (χ0v) is 32.8. The number of allylic oxidation sites excluding steroid dienone is 2. The summed E-state index contributed by atoms with van der Waals surface area (Å²) in [6, 6.07) is -0.700. The van der Waals surface area contributed by atoms with Gasteiger partial charge in [0.15, 0.2) is 0 Å². The molecular weight excluding hydrogens is 610 g/mol. The number of rotatable bonds is 38. The van der Waals surface area contributed by atoms with Crippen LogP contribution in [0.2, 0.25) is 0 Å². The van der Waals surface area contributed by atoms with Gasteiger partial charge in [-0.1, -0.05) is 181 Å². The predicted octanol–water partition coefficient (Wildman–Crippen LogP) is 11.8. The highest BCUT2D eigenvalue weighted by molar-refractivity contribution is 5.77. The van der Waals surface area contributed by atoms with E-state index in [4.69, 9.17) is 4.74 Å². The van der Waals surface area contributed by atoms with Crippen molar-refractivity contribution >= 4 is 11.9 Å². The van der Waals surface area contributed by atoms with Crippen molar-refractivity contribution < 1.29 is 24.5 Å². The first-order valence-corrected chi connectivity index (χ1v) is 21.4. The summed E-state index contributed by atoms with van der Waals surface area (Å²) in [6.45, 7) is 6.42. The minimum Gasteiger partial charge on any atom is -0.462 e. The van der Waals surface area contributed by atoms with Crippen LogP contribution in [-0.2, 0) is 14.3 Å². The molecule has 0 fully saturated rings. The second kappa shape index (κ2) is 37.8. The zero-order chi connectivity index (χ0) is 36.0. The molecule has 0 saturated carbocycles. The van der Waals surface area contributed by atoms with Crippen molar-refractivity contribution in [3.05, 3.63) is 12.2 Å². The summed E-state index contributed by atoms with van der Waals surface area (Å²) >= 11 is 0. The van der Waals surface area contributed by atoms with E-state index in [1.54, 1.807) is 0 Å². The number of hydrogen-bond acceptors (Lipinski definition) is 5. The molecule has 0 aliphatic heterocycles. The average Bonchev–Trinajstić information content (AvgIpc) is 3.09. The fourth-order valence-electron chi connectivity index (χ4n) is 6.55. The summed E-state index contributed by atoms with van der Waals surface area (Å²) in [5.41, 5.74) is 0. The van der Waals surface area contributed by atoms with Crippen LogP contribution in [0.15, 0.2) is 12.2 Å². The lowest BCUT2D eigenvalue weighted by molar-refractivity contribution is -0.151. The number of hydrogen-bond donors (Lipinski definition) is 3. The lowest BCUT2D eigenvalue weighted by atomic mass is 10.0. The van der Waals surface area contributed by atoms with Crippen LogP contribution >= 0.6 is 0 Å². The van der Waals surface area contributed by atoms with E-state index in [0.29, 0.717) is 19.3 Å². The SMILES string of the molecule is CCCCCCCC/C=C\CCCC(CC(=O)NC(CO)C(O)CCCCCCCCCCCC)OC(=O)CCCCCCCCCCC. The Morgan fingerprint density at radius 2 is 1.00 bits per heavy atom. The second-order valence-electron chi connectivity index (χ2n) is 14.7. The smallest absolute Gasteiger partial charge is 0.306 e. The van der Waals surface area contributed by atoms with Crippen molar-refractivity contribution in [2.75, 3.05) is 6.61 Å². The van der Waals surface area contributed by atoms with Crippen LogP contribution in [0.5, 0.6) is 0 Å². The molecule has 6 nitrogen and oxygen atoms in total. The Balaban J connectivity index is 4.62. The van der Waals surface area contributed by atoms with Gasteiger partial charge in [0.1, 0.15) is 6.10 Å². The van der Waals surface area contributed by atoms with E-state index < -0.39 is 18.2 Å². The molecule has 3 unspecified atom stereocenters. The Bertz CT molecular complexity index is 742. The van der Waals surface area contributed by atoms with Crippen molar-refractivity contribution in [3.63, 3.8) is 0 Å². The van der Waals surface area contributed by atoms with Gasteiger partial charge in [0.05, 0.1) is 25.2 Å². The van der Waals surface area contributed by atoms with E-state index in [9.17, 15) is 19.8 Å². The highest BCUT2D eigenvalue weighted by Crippen LogP contribution is 2.17. The van der Waals surface area contributed by atoms with Gasteiger partial charge in [-0.3, -0.25) is 9.59 Å². The molecule has 3 atom stereocenters. The van der Waals surface area contributed by atoms with Crippen molar-refractivity contribution in [2.24, 2.45) is 0 Å². The number of carbonyl (C=O) groups excluding carboxylic acids is 2. The van der Waals surface area contributed by atoms with Crippen LogP contribution in [0.4, 0.5) is 0 Å². The zero-order valence-electron chi connectivity index (χ0n) is 32.8. The first-order valence-electron chi connectivity index (χ1n) is 21.4. The molecule has 0 aliphatic carbocycles. The van der Waals surface area contributed by atoms with Gasteiger partial charge in [-0.25, -0.2) is 0 Å². The molecule has 1 amide bonds. The molecule has 0 saturated heterocycles. The van der Waals surface area contributed by atoms with Crippen molar-refractivity contribution in [2.45, 2.75) is 244 Å². The van der Waals surface area contributed by atoms with Crippen LogP contribution in [0.25, 0.3) is 0 Å². The quantitative estimate of drug-likeness (QED) is 0.0340. The molecule has 0 bridgehead atoms. The highest BCUT2D eigenvalue weighted by atomic mass is 16.5. The molecule has 0 radical (unpaired) electrons. The van der Waals surface area contributed by atoms with Gasteiger partial charge in [-0.15, -0.1) is 0 Å². The standard InChI is InChI=1S/C43H83NO5/c1-4-7-10-13-16-19-21-23-25-28-31-34-39(49-43(48)36-33-30-27-22-18-15-12-9-6-3)37-42(47)44-40(38-45)41(46)35-32-29-26-24-20-17-14-11-8-5-2/h23,25,39-41,45-46H,4-22,24,26-38H2,1-3H3,(H,44,47)/b25-23-. The van der Waals surface area contributed by atoms with Gasteiger partial charge in [0, 0.05) is 6.42 Å². The summed E-state index contributed by atoms with van der Waals surface area (Å²) in [7, 11) is 0. The third-order valence-electron chi connectivity index (χ3n) is 9.84. The molecular formula is C43H83NO5. The molecule has 0 heterocycles. The van der Waals surface area contributed by atoms with E-state index in [2.05, 4.69) is 38.2 Å². The number of aliphatic hydroxyl groups is 2. The topological polar surface area (TPSA) is 95.9 Å². The largest absolute Gasteiger partial charge is 0.462 e.